The Morgan fingerprint density at radius 3 is 2.85 bits per heavy atom. The molecule has 1 N–H and O–H groups in total. The predicted molar refractivity (Wildman–Crippen MR) is 58.4 cm³/mol. The van der Waals surface area contributed by atoms with Crippen LogP contribution in [0.25, 0.3) is 0 Å². The van der Waals surface area contributed by atoms with Gasteiger partial charge in [-0.25, -0.2) is 0 Å². The van der Waals surface area contributed by atoms with Crippen LogP contribution in [-0.2, 0) is 6.54 Å². The van der Waals surface area contributed by atoms with Gasteiger partial charge in [0.1, 0.15) is 0 Å². The number of rotatable bonds is 4. The Hall–Kier alpha value is -0.500. The van der Waals surface area contributed by atoms with Gasteiger partial charge >= 0.3 is 0 Å². The molecule has 0 bridgehead atoms. The van der Waals surface area contributed by atoms with E-state index in [1.54, 1.807) is 12.1 Å². The minimum atomic E-state index is 0.597. The lowest BCUT2D eigenvalue weighted by Crippen LogP contribution is -2.12. The number of benzene rings is 1. The molecular weight excluding hydrogens is 205 g/mol. The summed E-state index contributed by atoms with van der Waals surface area (Å²) in [5, 5.41) is 4.38. The first-order valence-electron chi connectivity index (χ1n) is 4.00. The summed E-state index contributed by atoms with van der Waals surface area (Å²) < 4.78 is 0. The van der Waals surface area contributed by atoms with E-state index < -0.39 is 0 Å². The van der Waals surface area contributed by atoms with Crippen molar-refractivity contribution in [1.29, 1.82) is 0 Å². The smallest absolute Gasteiger partial charge is 0.0637 e. The van der Waals surface area contributed by atoms with Crippen LogP contribution >= 0.6 is 23.2 Å². The fourth-order valence-electron chi connectivity index (χ4n) is 0.994. The monoisotopic (exact) mass is 215 g/mol. The summed E-state index contributed by atoms with van der Waals surface area (Å²) >= 11 is 11.8. The van der Waals surface area contributed by atoms with Crippen molar-refractivity contribution in [3.8, 4) is 0 Å². The zero-order valence-corrected chi connectivity index (χ0v) is 8.70. The van der Waals surface area contributed by atoms with Crippen LogP contribution < -0.4 is 5.32 Å². The molecule has 0 saturated heterocycles. The Balaban J connectivity index is 2.65. The maximum Gasteiger partial charge on any atom is 0.0637 e. The maximum absolute atomic E-state index is 5.97. The van der Waals surface area contributed by atoms with Gasteiger partial charge in [0.25, 0.3) is 0 Å². The van der Waals surface area contributed by atoms with Crippen LogP contribution in [0.2, 0.25) is 10.0 Å². The summed E-state index contributed by atoms with van der Waals surface area (Å²) in [6.07, 6.45) is 1.80. The van der Waals surface area contributed by atoms with E-state index in [2.05, 4.69) is 11.9 Å². The molecule has 1 aromatic rings. The van der Waals surface area contributed by atoms with Gasteiger partial charge in [-0.1, -0.05) is 41.4 Å². The molecular formula is C10H11Cl2N. The minimum Gasteiger partial charge on any atom is -0.309 e. The van der Waals surface area contributed by atoms with Crippen molar-refractivity contribution in [3.05, 3.63) is 46.5 Å². The fraction of sp³-hybridized carbons (Fsp3) is 0.200. The largest absolute Gasteiger partial charge is 0.309 e. The number of halogens is 2. The molecule has 0 atom stereocenters. The third-order valence-corrected chi connectivity index (χ3v) is 2.49. The van der Waals surface area contributed by atoms with Crippen molar-refractivity contribution >= 4 is 23.2 Å². The van der Waals surface area contributed by atoms with Crippen LogP contribution in [0, 0.1) is 0 Å². The second-order valence-electron chi connectivity index (χ2n) is 2.63. The molecule has 70 valence electrons. The molecule has 0 amide bonds. The van der Waals surface area contributed by atoms with Gasteiger partial charge in [-0.2, -0.15) is 0 Å². The molecule has 0 fully saturated rings. The average molecular weight is 216 g/mol. The van der Waals surface area contributed by atoms with Crippen molar-refractivity contribution in [3.63, 3.8) is 0 Å². The number of hydrogen-bond acceptors (Lipinski definition) is 1. The lowest BCUT2D eigenvalue weighted by Gasteiger charge is -2.05. The van der Waals surface area contributed by atoms with E-state index in [0.29, 0.717) is 16.6 Å². The first-order valence-corrected chi connectivity index (χ1v) is 4.76. The summed E-state index contributed by atoms with van der Waals surface area (Å²) in [6, 6.07) is 5.62. The molecule has 0 heterocycles. The number of nitrogens with one attached hydrogen (secondary N) is 1. The van der Waals surface area contributed by atoms with Crippen molar-refractivity contribution in [2.24, 2.45) is 0 Å². The van der Waals surface area contributed by atoms with E-state index in [1.807, 2.05) is 12.1 Å². The van der Waals surface area contributed by atoms with Crippen LogP contribution in [0.5, 0.6) is 0 Å². The first-order chi connectivity index (χ1) is 6.25. The third-order valence-electron chi connectivity index (χ3n) is 1.64. The van der Waals surface area contributed by atoms with Gasteiger partial charge in [-0.15, -0.1) is 6.58 Å². The highest BCUT2D eigenvalue weighted by atomic mass is 35.5. The average Bonchev–Trinajstić information content (AvgIpc) is 2.13. The molecule has 1 rings (SSSR count). The summed E-state index contributed by atoms with van der Waals surface area (Å²) in [5.41, 5.74) is 1.01. The molecule has 1 aromatic carbocycles. The van der Waals surface area contributed by atoms with E-state index in [1.165, 1.54) is 0 Å². The Morgan fingerprint density at radius 1 is 1.38 bits per heavy atom. The van der Waals surface area contributed by atoms with Gasteiger partial charge in [0, 0.05) is 13.1 Å². The summed E-state index contributed by atoms with van der Waals surface area (Å²) in [4.78, 5) is 0. The normalized spacial score (nSPS) is 10.0. The summed E-state index contributed by atoms with van der Waals surface area (Å²) in [7, 11) is 0. The number of hydrogen-bond donors (Lipinski definition) is 1. The van der Waals surface area contributed by atoms with E-state index >= 15 is 0 Å². The minimum absolute atomic E-state index is 0.597. The van der Waals surface area contributed by atoms with Crippen LogP contribution in [0.15, 0.2) is 30.9 Å². The van der Waals surface area contributed by atoms with Crippen LogP contribution in [-0.4, -0.2) is 6.54 Å². The van der Waals surface area contributed by atoms with Gasteiger partial charge in [-0.3, -0.25) is 0 Å². The molecule has 3 heteroatoms. The van der Waals surface area contributed by atoms with Crippen LogP contribution in [0.1, 0.15) is 5.56 Å². The highest BCUT2D eigenvalue weighted by molar-refractivity contribution is 6.42. The third kappa shape index (κ3) is 3.03. The van der Waals surface area contributed by atoms with Crippen molar-refractivity contribution in [1.82, 2.24) is 5.32 Å². The van der Waals surface area contributed by atoms with Crippen molar-refractivity contribution < 1.29 is 0 Å². The summed E-state index contributed by atoms with van der Waals surface area (Å²) in [5.74, 6) is 0. The Labute approximate surface area is 88.4 Å². The molecule has 1 nitrogen and oxygen atoms in total. The van der Waals surface area contributed by atoms with Gasteiger partial charge in [0.05, 0.1) is 10.0 Å². The molecule has 0 aromatic heterocycles. The molecule has 0 aliphatic heterocycles. The van der Waals surface area contributed by atoms with E-state index in [9.17, 15) is 0 Å². The molecule has 0 unspecified atom stereocenters. The first kappa shape index (κ1) is 10.6. The maximum atomic E-state index is 5.97. The van der Waals surface area contributed by atoms with Crippen LogP contribution in [0.4, 0.5) is 0 Å². The zero-order valence-electron chi connectivity index (χ0n) is 7.19. The molecule has 0 saturated carbocycles. The van der Waals surface area contributed by atoms with Gasteiger partial charge in [-0.05, 0) is 11.6 Å². The Kier molecular flexibility index (Phi) is 4.29. The topological polar surface area (TPSA) is 12.0 Å². The van der Waals surface area contributed by atoms with Crippen molar-refractivity contribution in [2.75, 3.05) is 6.54 Å². The highest BCUT2D eigenvalue weighted by Gasteiger charge is 2.02. The standard InChI is InChI=1S/C10H11Cl2N/c1-2-6-13-7-8-4-3-5-9(11)10(8)12/h2-5,13H,1,6-7H2. The fourth-order valence-corrected chi connectivity index (χ4v) is 1.38. The highest BCUT2D eigenvalue weighted by Crippen LogP contribution is 2.25. The van der Waals surface area contributed by atoms with E-state index in [-0.39, 0.29) is 0 Å². The Morgan fingerprint density at radius 2 is 2.15 bits per heavy atom. The SMILES string of the molecule is C=CCNCc1cccc(Cl)c1Cl. The molecule has 13 heavy (non-hydrogen) atoms. The van der Waals surface area contributed by atoms with Gasteiger partial charge in [0.15, 0.2) is 0 Å². The van der Waals surface area contributed by atoms with E-state index in [4.69, 9.17) is 23.2 Å². The second kappa shape index (κ2) is 5.28. The van der Waals surface area contributed by atoms with Crippen molar-refractivity contribution in [2.45, 2.75) is 6.54 Å². The predicted octanol–water partition coefficient (Wildman–Crippen LogP) is 3.27. The van der Waals surface area contributed by atoms with E-state index in [0.717, 1.165) is 12.1 Å². The van der Waals surface area contributed by atoms with Gasteiger partial charge < -0.3 is 5.32 Å². The lowest BCUT2D eigenvalue weighted by atomic mass is 10.2. The quantitative estimate of drug-likeness (QED) is 0.601. The molecule has 0 radical (unpaired) electrons. The molecule has 0 aliphatic rings. The second-order valence-corrected chi connectivity index (χ2v) is 3.42. The summed E-state index contributed by atoms with van der Waals surface area (Å²) in [6.45, 7) is 5.09. The molecule has 0 aliphatic carbocycles. The lowest BCUT2D eigenvalue weighted by molar-refractivity contribution is 0.761. The van der Waals surface area contributed by atoms with Crippen LogP contribution in [0.3, 0.4) is 0 Å². The zero-order chi connectivity index (χ0) is 9.68. The Bertz CT molecular complexity index is 297. The molecule has 0 spiro atoms. The van der Waals surface area contributed by atoms with Gasteiger partial charge in [0.2, 0.25) is 0 Å².